The van der Waals surface area contributed by atoms with Crippen LogP contribution >= 0.6 is 11.8 Å². The van der Waals surface area contributed by atoms with Gasteiger partial charge < -0.3 is 23.9 Å². The number of aliphatic hydroxyl groups excluding tert-OH is 1. The minimum absolute atomic E-state index is 0.263. The summed E-state index contributed by atoms with van der Waals surface area (Å²) in [5.74, 6) is 1.87. The van der Waals surface area contributed by atoms with Gasteiger partial charge >= 0.3 is 0 Å². The molecule has 1 unspecified atom stereocenters. The highest BCUT2D eigenvalue weighted by Gasteiger charge is 2.26. The fourth-order valence-corrected chi connectivity index (χ4v) is 3.33. The van der Waals surface area contributed by atoms with Gasteiger partial charge in [0.25, 0.3) is 0 Å². The Balaban J connectivity index is 1.41. The first-order valence-corrected chi connectivity index (χ1v) is 9.19. The third kappa shape index (κ3) is 4.87. The first kappa shape index (κ1) is 18.0. The average Bonchev–Trinajstić information content (AvgIpc) is 3.37. The number of methoxy groups -OCH3 is 2. The van der Waals surface area contributed by atoms with Crippen molar-refractivity contribution in [2.45, 2.75) is 36.8 Å². The van der Waals surface area contributed by atoms with Crippen LogP contribution in [0.1, 0.15) is 24.4 Å². The highest BCUT2D eigenvalue weighted by Crippen LogP contribution is 2.37. The number of nitrogens with zero attached hydrogens (tertiary/aromatic N) is 3. The molecule has 0 radical (unpaired) electrons. The van der Waals surface area contributed by atoms with Crippen molar-refractivity contribution >= 4 is 11.8 Å². The summed E-state index contributed by atoms with van der Waals surface area (Å²) in [7, 11) is 3.20. The number of aliphatic hydroxyl groups is 1. The van der Waals surface area contributed by atoms with E-state index in [0.29, 0.717) is 29.9 Å². The lowest BCUT2D eigenvalue weighted by Crippen LogP contribution is -2.18. The summed E-state index contributed by atoms with van der Waals surface area (Å²) in [6.45, 7) is 0.666. The Labute approximate surface area is 151 Å². The molecule has 0 amide bonds. The second-order valence-electron chi connectivity index (χ2n) is 5.92. The molecule has 1 aliphatic rings. The molecule has 0 saturated heterocycles. The minimum Gasteiger partial charge on any atom is -0.493 e. The van der Waals surface area contributed by atoms with Gasteiger partial charge in [0, 0.05) is 11.8 Å². The van der Waals surface area contributed by atoms with Gasteiger partial charge in [-0.1, -0.05) is 17.8 Å². The number of rotatable bonds is 10. The summed E-state index contributed by atoms with van der Waals surface area (Å²) in [6, 6.07) is 6.17. The molecule has 3 rings (SSSR count). The molecule has 2 aromatic rings. The van der Waals surface area contributed by atoms with Crippen LogP contribution in [0.4, 0.5) is 0 Å². The van der Waals surface area contributed by atoms with Gasteiger partial charge in [0.05, 0.1) is 33.5 Å². The van der Waals surface area contributed by atoms with Crippen molar-refractivity contribution in [2.75, 3.05) is 26.6 Å². The van der Waals surface area contributed by atoms with E-state index >= 15 is 0 Å². The Kier molecular flexibility index (Phi) is 6.17. The summed E-state index contributed by atoms with van der Waals surface area (Å²) in [4.78, 5) is 0. The highest BCUT2D eigenvalue weighted by atomic mass is 32.2. The summed E-state index contributed by atoms with van der Waals surface area (Å²) >= 11 is 1.51. The van der Waals surface area contributed by atoms with E-state index in [4.69, 9.17) is 14.2 Å². The van der Waals surface area contributed by atoms with Crippen molar-refractivity contribution in [1.29, 1.82) is 0 Å². The van der Waals surface area contributed by atoms with E-state index < -0.39 is 6.10 Å². The van der Waals surface area contributed by atoms with Crippen molar-refractivity contribution in [3.05, 3.63) is 30.1 Å². The van der Waals surface area contributed by atoms with Gasteiger partial charge in [0.2, 0.25) is 0 Å². The van der Waals surface area contributed by atoms with Gasteiger partial charge in [-0.3, -0.25) is 0 Å². The van der Waals surface area contributed by atoms with Gasteiger partial charge in [-0.25, -0.2) is 0 Å². The van der Waals surface area contributed by atoms with Crippen LogP contribution in [0.15, 0.2) is 29.7 Å². The van der Waals surface area contributed by atoms with Crippen molar-refractivity contribution < 1.29 is 19.3 Å². The molecule has 1 atom stereocenters. The monoisotopic (exact) mass is 365 g/mol. The van der Waals surface area contributed by atoms with Crippen LogP contribution in [0, 0.1) is 0 Å². The van der Waals surface area contributed by atoms with Crippen LogP contribution in [0.3, 0.4) is 0 Å². The molecular weight excluding hydrogens is 342 g/mol. The van der Waals surface area contributed by atoms with E-state index in [1.54, 1.807) is 20.5 Å². The first-order valence-electron chi connectivity index (χ1n) is 8.20. The number of benzene rings is 1. The van der Waals surface area contributed by atoms with Crippen molar-refractivity contribution in [1.82, 2.24) is 14.8 Å². The maximum absolute atomic E-state index is 10.1. The molecule has 1 saturated carbocycles. The smallest absolute Gasteiger partial charge is 0.191 e. The maximum Gasteiger partial charge on any atom is 0.191 e. The molecule has 1 N–H and O–H groups in total. The number of hydrogen-bond donors (Lipinski definition) is 1. The molecule has 0 aliphatic heterocycles. The van der Waals surface area contributed by atoms with Gasteiger partial charge in [-0.2, -0.15) is 0 Å². The lowest BCUT2D eigenvalue weighted by atomic mass is 10.2. The van der Waals surface area contributed by atoms with E-state index in [0.717, 1.165) is 10.7 Å². The molecule has 1 aromatic heterocycles. The molecule has 25 heavy (non-hydrogen) atoms. The minimum atomic E-state index is -0.561. The molecular formula is C17H23N3O4S. The van der Waals surface area contributed by atoms with E-state index in [1.165, 1.54) is 24.6 Å². The third-order valence-electron chi connectivity index (χ3n) is 3.91. The predicted molar refractivity (Wildman–Crippen MR) is 94.2 cm³/mol. The zero-order valence-corrected chi connectivity index (χ0v) is 15.2. The Morgan fingerprint density at radius 3 is 2.80 bits per heavy atom. The van der Waals surface area contributed by atoms with E-state index in [1.807, 2.05) is 18.2 Å². The highest BCUT2D eigenvalue weighted by molar-refractivity contribution is 7.99. The van der Waals surface area contributed by atoms with Gasteiger partial charge in [0.1, 0.15) is 6.33 Å². The zero-order valence-electron chi connectivity index (χ0n) is 14.4. The lowest BCUT2D eigenvalue weighted by Gasteiger charge is -2.12. The lowest BCUT2D eigenvalue weighted by molar-refractivity contribution is 0.0397. The molecule has 0 spiro atoms. The Hall–Kier alpha value is -1.77. The summed E-state index contributed by atoms with van der Waals surface area (Å²) < 4.78 is 18.2. The summed E-state index contributed by atoms with van der Waals surface area (Å²) in [6.07, 6.45) is 3.57. The molecule has 1 aromatic carbocycles. The topological polar surface area (TPSA) is 78.6 Å². The fourth-order valence-electron chi connectivity index (χ4n) is 2.44. The largest absolute Gasteiger partial charge is 0.493 e. The van der Waals surface area contributed by atoms with Crippen molar-refractivity contribution in [3.8, 4) is 11.5 Å². The number of hydrogen-bond acceptors (Lipinski definition) is 7. The number of thioether (sulfide) groups is 1. The molecule has 0 bridgehead atoms. The van der Waals surface area contributed by atoms with E-state index in [-0.39, 0.29) is 6.61 Å². The molecule has 1 aliphatic carbocycles. The average molecular weight is 365 g/mol. The molecule has 8 heteroatoms. The Morgan fingerprint density at radius 1 is 1.28 bits per heavy atom. The zero-order chi connectivity index (χ0) is 17.6. The quantitative estimate of drug-likeness (QED) is 0.647. The van der Waals surface area contributed by atoms with Crippen LogP contribution in [0.2, 0.25) is 0 Å². The van der Waals surface area contributed by atoms with Crippen LogP contribution < -0.4 is 9.47 Å². The standard InChI is InChI=1S/C17H23N3O4S/c1-22-15-6-3-12(7-16(15)23-2)8-24-9-14(21)10-25-17-19-18-11-20(17)13-4-5-13/h3,6-7,11,13-14,21H,4-5,8-10H2,1-2H3. The normalized spacial score (nSPS) is 15.2. The van der Waals surface area contributed by atoms with Crippen LogP contribution in [-0.2, 0) is 11.3 Å². The van der Waals surface area contributed by atoms with Gasteiger partial charge in [-0.05, 0) is 30.5 Å². The molecule has 7 nitrogen and oxygen atoms in total. The third-order valence-corrected chi connectivity index (χ3v) is 5.01. The van der Waals surface area contributed by atoms with Gasteiger partial charge in [-0.15, -0.1) is 10.2 Å². The number of ether oxygens (including phenoxy) is 3. The Morgan fingerprint density at radius 2 is 2.08 bits per heavy atom. The first-order chi connectivity index (χ1) is 12.2. The Bertz CT molecular complexity index is 690. The summed E-state index contributed by atoms with van der Waals surface area (Å²) in [5.41, 5.74) is 0.964. The fraction of sp³-hybridized carbons (Fsp3) is 0.529. The van der Waals surface area contributed by atoms with E-state index in [2.05, 4.69) is 14.8 Å². The molecule has 1 fully saturated rings. The molecule has 136 valence electrons. The SMILES string of the molecule is COc1ccc(COCC(O)CSc2nncn2C2CC2)cc1OC. The maximum atomic E-state index is 10.1. The van der Waals surface area contributed by atoms with E-state index in [9.17, 15) is 5.11 Å². The number of aromatic nitrogens is 3. The second-order valence-corrected chi connectivity index (χ2v) is 6.91. The summed E-state index contributed by atoms with van der Waals surface area (Å²) in [5, 5.41) is 19.0. The van der Waals surface area contributed by atoms with Crippen molar-refractivity contribution in [2.24, 2.45) is 0 Å². The van der Waals surface area contributed by atoms with Crippen LogP contribution in [0.25, 0.3) is 0 Å². The van der Waals surface area contributed by atoms with Crippen LogP contribution in [-0.4, -0.2) is 52.6 Å². The van der Waals surface area contributed by atoms with Crippen LogP contribution in [0.5, 0.6) is 11.5 Å². The van der Waals surface area contributed by atoms with Gasteiger partial charge in [0.15, 0.2) is 16.7 Å². The second kappa shape index (κ2) is 8.55. The van der Waals surface area contributed by atoms with Crippen molar-refractivity contribution in [3.63, 3.8) is 0 Å². The molecule has 1 heterocycles. The predicted octanol–water partition coefficient (Wildman–Crippen LogP) is 2.30.